The minimum absolute atomic E-state index is 0.0477. The first-order valence-corrected chi connectivity index (χ1v) is 10.2. The Labute approximate surface area is 175 Å². The number of nitrogen functional groups attached to an aromatic ring is 1. The van der Waals surface area contributed by atoms with Crippen LogP contribution in [0.15, 0.2) is 50.6 Å². The summed E-state index contributed by atoms with van der Waals surface area (Å²) in [6.45, 7) is 2.71. The van der Waals surface area contributed by atoms with Crippen molar-refractivity contribution in [2.75, 3.05) is 31.8 Å². The molecule has 0 bridgehead atoms. The number of carbonyl (C=O) groups excluding carboxylic acids is 1. The number of benzene rings is 1. The smallest absolute Gasteiger partial charge is 0.232 e. The summed E-state index contributed by atoms with van der Waals surface area (Å²) in [5.74, 6) is 8.18. The molecule has 0 fully saturated rings. The highest BCUT2D eigenvalue weighted by atomic mass is 79.9. The molecule has 0 aliphatic carbocycles. The van der Waals surface area contributed by atoms with Crippen LogP contribution in [0.1, 0.15) is 5.76 Å². The highest BCUT2D eigenvalue weighted by Gasteiger charge is 2.17. The number of rotatable bonds is 8. The number of nitrogens with zero attached hydrogens (tertiary/aromatic N) is 4. The molecule has 3 aromatic rings. The van der Waals surface area contributed by atoms with Crippen LogP contribution in [0.5, 0.6) is 5.75 Å². The minimum Gasteiger partial charge on any atom is -0.492 e. The number of hydrogen-bond acceptors (Lipinski definition) is 7. The lowest BCUT2D eigenvalue weighted by Crippen LogP contribution is -2.32. The standard InChI is InChI=1S/C18H20BrN5O3S/c1-12-15(7-9-26-12)17-21-22-18(24(17)20)28-11-16(25)23(2)8-10-27-14-5-3-13(19)4-6-14/h3-7,9H,8,10-11,20H2,1-2H3. The van der Waals surface area contributed by atoms with E-state index < -0.39 is 0 Å². The molecule has 0 aliphatic rings. The molecule has 10 heteroatoms. The van der Waals surface area contributed by atoms with E-state index in [9.17, 15) is 4.79 Å². The van der Waals surface area contributed by atoms with Crippen LogP contribution in [0.3, 0.4) is 0 Å². The molecule has 0 saturated carbocycles. The quantitative estimate of drug-likeness (QED) is 0.403. The van der Waals surface area contributed by atoms with E-state index in [-0.39, 0.29) is 11.7 Å². The van der Waals surface area contributed by atoms with Crippen molar-refractivity contribution in [3.63, 3.8) is 0 Å². The van der Waals surface area contributed by atoms with Gasteiger partial charge in [0, 0.05) is 11.5 Å². The normalized spacial score (nSPS) is 10.8. The van der Waals surface area contributed by atoms with Gasteiger partial charge in [-0.05, 0) is 37.3 Å². The Morgan fingerprint density at radius 1 is 1.32 bits per heavy atom. The molecule has 28 heavy (non-hydrogen) atoms. The van der Waals surface area contributed by atoms with Crippen molar-refractivity contribution >= 4 is 33.6 Å². The van der Waals surface area contributed by atoms with E-state index >= 15 is 0 Å². The lowest BCUT2D eigenvalue weighted by Gasteiger charge is -2.17. The van der Waals surface area contributed by atoms with E-state index in [0.29, 0.717) is 29.9 Å². The van der Waals surface area contributed by atoms with Crippen LogP contribution in [-0.2, 0) is 4.79 Å². The monoisotopic (exact) mass is 465 g/mol. The van der Waals surface area contributed by atoms with Gasteiger partial charge in [-0.1, -0.05) is 27.7 Å². The van der Waals surface area contributed by atoms with Gasteiger partial charge in [-0.15, -0.1) is 10.2 Å². The van der Waals surface area contributed by atoms with Crippen molar-refractivity contribution in [2.24, 2.45) is 0 Å². The zero-order valence-electron chi connectivity index (χ0n) is 15.5. The second-order valence-electron chi connectivity index (χ2n) is 5.97. The molecular weight excluding hydrogens is 446 g/mol. The molecule has 0 radical (unpaired) electrons. The molecule has 2 heterocycles. The number of nitrogens with two attached hydrogens (primary N) is 1. The number of carbonyl (C=O) groups is 1. The summed E-state index contributed by atoms with van der Waals surface area (Å²) in [6.07, 6.45) is 1.57. The molecule has 8 nitrogen and oxygen atoms in total. The van der Waals surface area contributed by atoms with Crippen LogP contribution in [0, 0.1) is 6.92 Å². The van der Waals surface area contributed by atoms with Gasteiger partial charge in [0.25, 0.3) is 0 Å². The molecule has 0 saturated heterocycles. The number of amides is 1. The van der Waals surface area contributed by atoms with E-state index in [4.69, 9.17) is 15.0 Å². The Morgan fingerprint density at radius 3 is 2.75 bits per heavy atom. The molecule has 2 aromatic heterocycles. The lowest BCUT2D eigenvalue weighted by molar-refractivity contribution is -0.127. The second kappa shape index (κ2) is 9.16. The third-order valence-corrected chi connectivity index (χ3v) is 5.48. The summed E-state index contributed by atoms with van der Waals surface area (Å²) in [6, 6.07) is 9.33. The van der Waals surface area contributed by atoms with Crippen LogP contribution < -0.4 is 10.6 Å². The van der Waals surface area contributed by atoms with Crippen LogP contribution in [-0.4, -0.2) is 51.6 Å². The van der Waals surface area contributed by atoms with Crippen LogP contribution >= 0.6 is 27.7 Å². The highest BCUT2D eigenvalue weighted by molar-refractivity contribution is 9.10. The molecule has 0 aliphatic heterocycles. The van der Waals surface area contributed by atoms with Gasteiger partial charge in [-0.2, -0.15) is 0 Å². The molecule has 148 valence electrons. The number of likely N-dealkylation sites (N-methyl/N-ethyl adjacent to an activating group) is 1. The average Bonchev–Trinajstić information content (AvgIpc) is 3.26. The first-order chi connectivity index (χ1) is 13.5. The van der Waals surface area contributed by atoms with E-state index in [0.717, 1.165) is 15.8 Å². The van der Waals surface area contributed by atoms with Crippen molar-refractivity contribution in [1.82, 2.24) is 19.8 Å². The Balaban J connectivity index is 1.48. The van der Waals surface area contributed by atoms with Crippen LogP contribution in [0.4, 0.5) is 0 Å². The predicted molar refractivity (Wildman–Crippen MR) is 111 cm³/mol. The summed E-state index contributed by atoms with van der Waals surface area (Å²) < 4.78 is 13.3. The Hall–Kier alpha value is -2.46. The molecule has 1 amide bonds. The zero-order valence-corrected chi connectivity index (χ0v) is 17.9. The van der Waals surface area contributed by atoms with E-state index in [2.05, 4.69) is 26.1 Å². The Bertz CT molecular complexity index is 941. The number of hydrogen-bond donors (Lipinski definition) is 1. The van der Waals surface area contributed by atoms with Gasteiger partial charge >= 0.3 is 0 Å². The molecular formula is C18H20BrN5O3S. The molecule has 1 aromatic carbocycles. The van der Waals surface area contributed by atoms with Crippen molar-refractivity contribution in [3.05, 3.63) is 46.8 Å². The Morgan fingerprint density at radius 2 is 2.07 bits per heavy atom. The van der Waals surface area contributed by atoms with Crippen molar-refractivity contribution in [3.8, 4) is 17.1 Å². The van der Waals surface area contributed by atoms with Crippen LogP contribution in [0.2, 0.25) is 0 Å². The highest BCUT2D eigenvalue weighted by Crippen LogP contribution is 2.25. The molecule has 3 rings (SSSR count). The molecule has 0 spiro atoms. The Kier molecular flexibility index (Phi) is 6.63. The molecule has 2 N–H and O–H groups in total. The number of halogens is 1. The van der Waals surface area contributed by atoms with Gasteiger partial charge in [0.1, 0.15) is 18.1 Å². The fourth-order valence-corrected chi connectivity index (χ4v) is 3.43. The van der Waals surface area contributed by atoms with E-state index in [1.807, 2.05) is 31.2 Å². The van der Waals surface area contributed by atoms with Gasteiger partial charge in [-0.25, -0.2) is 4.68 Å². The van der Waals surface area contributed by atoms with Crippen LogP contribution in [0.25, 0.3) is 11.4 Å². The summed E-state index contributed by atoms with van der Waals surface area (Å²) >= 11 is 4.61. The van der Waals surface area contributed by atoms with Gasteiger partial charge in [0.15, 0.2) is 5.82 Å². The summed E-state index contributed by atoms with van der Waals surface area (Å²) in [5.41, 5.74) is 0.774. The number of aromatic nitrogens is 3. The minimum atomic E-state index is -0.0477. The third kappa shape index (κ3) is 4.87. The zero-order chi connectivity index (χ0) is 20.1. The number of ether oxygens (including phenoxy) is 1. The van der Waals surface area contributed by atoms with E-state index in [1.54, 1.807) is 24.3 Å². The van der Waals surface area contributed by atoms with Crippen molar-refractivity contribution in [2.45, 2.75) is 12.1 Å². The van der Waals surface area contributed by atoms with Gasteiger partial charge < -0.3 is 19.9 Å². The van der Waals surface area contributed by atoms with Gasteiger partial charge in [0.2, 0.25) is 11.1 Å². The predicted octanol–water partition coefficient (Wildman–Crippen LogP) is 2.95. The first-order valence-electron chi connectivity index (χ1n) is 8.46. The SMILES string of the molecule is Cc1occc1-c1nnc(SCC(=O)N(C)CCOc2ccc(Br)cc2)n1N. The lowest BCUT2D eigenvalue weighted by atomic mass is 10.2. The van der Waals surface area contributed by atoms with Gasteiger partial charge in [0.05, 0.1) is 24.1 Å². The van der Waals surface area contributed by atoms with Crippen molar-refractivity contribution in [1.29, 1.82) is 0 Å². The summed E-state index contributed by atoms with van der Waals surface area (Å²) in [7, 11) is 1.74. The fourth-order valence-electron chi connectivity index (χ4n) is 2.37. The van der Waals surface area contributed by atoms with Gasteiger partial charge in [-0.3, -0.25) is 4.79 Å². The first kappa shape index (κ1) is 20.3. The summed E-state index contributed by atoms with van der Waals surface area (Å²) in [5, 5.41) is 8.61. The second-order valence-corrected chi connectivity index (χ2v) is 7.83. The van der Waals surface area contributed by atoms with E-state index in [1.165, 1.54) is 16.4 Å². The molecule has 0 unspecified atom stereocenters. The maximum absolute atomic E-state index is 12.3. The third-order valence-electron chi connectivity index (χ3n) is 4.02. The fraction of sp³-hybridized carbons (Fsp3) is 0.278. The summed E-state index contributed by atoms with van der Waals surface area (Å²) in [4.78, 5) is 13.9. The number of aryl methyl sites for hydroxylation is 1. The topological polar surface area (TPSA) is 99.4 Å². The maximum atomic E-state index is 12.3. The maximum Gasteiger partial charge on any atom is 0.232 e. The molecule has 0 atom stereocenters. The largest absolute Gasteiger partial charge is 0.492 e. The number of furan rings is 1. The average molecular weight is 466 g/mol. The van der Waals surface area contributed by atoms with Crippen molar-refractivity contribution < 1.29 is 13.9 Å². The number of thioether (sulfide) groups is 1.